The summed E-state index contributed by atoms with van der Waals surface area (Å²) in [5, 5.41) is 2.82. The lowest BCUT2D eigenvalue weighted by Gasteiger charge is -2.33. The van der Waals surface area contributed by atoms with Gasteiger partial charge in [-0.3, -0.25) is 9.79 Å². The molecule has 2 aromatic carbocycles. The van der Waals surface area contributed by atoms with Crippen LogP contribution in [0.1, 0.15) is 33.2 Å². The predicted octanol–water partition coefficient (Wildman–Crippen LogP) is 4.07. The molecule has 3 aliphatic heterocycles. The Balaban J connectivity index is 0.00000280. The Bertz CT molecular complexity index is 1480. The average molecular weight is 581 g/mol. The number of aromatic nitrogens is 1. The molecule has 12 heteroatoms. The van der Waals surface area contributed by atoms with Crippen molar-refractivity contribution in [2.75, 3.05) is 39.3 Å². The summed E-state index contributed by atoms with van der Waals surface area (Å²) in [6.45, 7) is 3.76. The van der Waals surface area contributed by atoms with Crippen LogP contribution in [-0.4, -0.2) is 78.5 Å². The molecule has 0 spiro atoms. The number of hydrogen-bond donors (Lipinski definition) is 0. The van der Waals surface area contributed by atoms with Crippen molar-refractivity contribution in [2.45, 2.75) is 30.7 Å². The molecule has 1 saturated heterocycles. The second kappa shape index (κ2) is 10.5. The van der Waals surface area contributed by atoms with Crippen molar-refractivity contribution < 1.29 is 13.2 Å². The number of rotatable bonds is 3. The minimum absolute atomic E-state index is 0. The molecular formula is C25H27Cl2N5O3S2. The fourth-order valence-electron chi connectivity index (χ4n) is 5.06. The van der Waals surface area contributed by atoms with Crippen LogP contribution < -0.4 is 0 Å². The number of aliphatic imine (C=N–C) groups is 1. The van der Waals surface area contributed by atoms with Gasteiger partial charge in [-0.25, -0.2) is 13.4 Å². The smallest absolute Gasteiger partial charge is 0.282 e. The first-order valence-electron chi connectivity index (χ1n) is 12.1. The number of thiazole rings is 1. The zero-order valence-corrected chi connectivity index (χ0v) is 23.3. The number of sulfonamides is 1. The summed E-state index contributed by atoms with van der Waals surface area (Å²) in [7, 11) is -3.66. The zero-order chi connectivity index (χ0) is 24.9. The Morgan fingerprint density at radius 1 is 0.973 bits per heavy atom. The summed E-state index contributed by atoms with van der Waals surface area (Å²) in [5.41, 5.74) is 1.01. The highest BCUT2D eigenvalue weighted by Crippen LogP contribution is 2.29. The van der Waals surface area contributed by atoms with Crippen molar-refractivity contribution in [1.29, 1.82) is 0 Å². The standard InChI is InChI=1S/C25H26ClN5O3S2.ClH/c26-19-5-3-18-15-20(6-4-17(18)14-19)36(33,34)31-12-10-29(11-13-31)25(32)24-28-21-7-9-30(16-22(21)35-24)23-2-1-8-27-23;/h3-6,14-15H,1-2,7-13,16H2;1H. The van der Waals surface area contributed by atoms with Crippen LogP contribution in [-0.2, 0) is 23.0 Å². The largest absolute Gasteiger partial charge is 0.355 e. The van der Waals surface area contributed by atoms with Gasteiger partial charge in [0, 0.05) is 62.0 Å². The number of nitrogens with zero attached hydrogens (tertiary/aromatic N) is 5. The van der Waals surface area contributed by atoms with Gasteiger partial charge in [0.05, 0.1) is 23.0 Å². The van der Waals surface area contributed by atoms with E-state index in [4.69, 9.17) is 11.6 Å². The minimum atomic E-state index is -3.66. The lowest BCUT2D eigenvalue weighted by Crippen LogP contribution is -2.50. The number of amides is 1. The van der Waals surface area contributed by atoms with E-state index in [9.17, 15) is 13.2 Å². The van der Waals surface area contributed by atoms with Crippen LogP contribution in [0.5, 0.6) is 0 Å². The summed E-state index contributed by atoms with van der Waals surface area (Å²) in [6, 6.07) is 10.5. The Hall–Kier alpha value is -2.24. The van der Waals surface area contributed by atoms with Gasteiger partial charge in [-0.1, -0.05) is 23.7 Å². The Morgan fingerprint density at radius 3 is 2.49 bits per heavy atom. The van der Waals surface area contributed by atoms with E-state index in [2.05, 4.69) is 14.9 Å². The van der Waals surface area contributed by atoms with Gasteiger partial charge < -0.3 is 9.80 Å². The van der Waals surface area contributed by atoms with Gasteiger partial charge in [0.15, 0.2) is 5.01 Å². The third kappa shape index (κ3) is 5.09. The molecule has 0 bridgehead atoms. The predicted molar refractivity (Wildman–Crippen MR) is 149 cm³/mol. The molecule has 4 heterocycles. The summed E-state index contributed by atoms with van der Waals surface area (Å²) in [4.78, 5) is 27.9. The fraction of sp³-hybridized carbons (Fsp3) is 0.400. The molecule has 3 aliphatic rings. The molecule has 0 saturated carbocycles. The van der Waals surface area contributed by atoms with E-state index in [0.29, 0.717) is 23.1 Å². The van der Waals surface area contributed by atoms with E-state index >= 15 is 0 Å². The molecule has 0 N–H and O–H groups in total. The average Bonchev–Trinajstić information content (AvgIpc) is 3.58. The van der Waals surface area contributed by atoms with Crippen LogP contribution in [0.15, 0.2) is 46.3 Å². The lowest BCUT2D eigenvalue weighted by molar-refractivity contribution is 0.0697. The topological polar surface area (TPSA) is 86.2 Å². The van der Waals surface area contributed by atoms with E-state index in [1.807, 2.05) is 12.1 Å². The van der Waals surface area contributed by atoms with Gasteiger partial charge in [0.2, 0.25) is 10.0 Å². The number of fused-ring (bicyclic) bond motifs is 2. The lowest BCUT2D eigenvalue weighted by atomic mass is 10.1. The monoisotopic (exact) mass is 579 g/mol. The van der Waals surface area contributed by atoms with Crippen LogP contribution >= 0.6 is 35.3 Å². The molecule has 1 amide bonds. The third-order valence-electron chi connectivity index (χ3n) is 7.07. The molecule has 0 unspecified atom stereocenters. The number of carbonyl (C=O) groups is 1. The van der Waals surface area contributed by atoms with Crippen LogP contribution in [0.3, 0.4) is 0 Å². The SMILES string of the molecule is Cl.O=C(c1nc2c(s1)CN(C1=NCCC1)CC2)N1CCN(S(=O)(=O)c2ccc3cc(Cl)ccc3c2)CC1. The van der Waals surface area contributed by atoms with Crippen molar-refractivity contribution in [3.8, 4) is 0 Å². The van der Waals surface area contributed by atoms with Gasteiger partial charge in [0.1, 0.15) is 0 Å². The van der Waals surface area contributed by atoms with Crippen LogP contribution in [0.4, 0.5) is 0 Å². The molecule has 0 radical (unpaired) electrons. The molecule has 196 valence electrons. The maximum absolute atomic E-state index is 13.3. The summed E-state index contributed by atoms with van der Waals surface area (Å²) >= 11 is 7.51. The zero-order valence-electron chi connectivity index (χ0n) is 20.1. The highest BCUT2D eigenvalue weighted by molar-refractivity contribution is 7.89. The fourth-order valence-corrected chi connectivity index (χ4v) is 7.79. The van der Waals surface area contributed by atoms with Crippen LogP contribution in [0.2, 0.25) is 5.02 Å². The summed E-state index contributed by atoms with van der Waals surface area (Å²) in [6.07, 6.45) is 2.96. The van der Waals surface area contributed by atoms with Gasteiger partial charge in [-0.2, -0.15) is 4.31 Å². The van der Waals surface area contributed by atoms with Crippen molar-refractivity contribution in [3.05, 3.63) is 57.0 Å². The normalized spacial score (nSPS) is 18.5. The van der Waals surface area contributed by atoms with Crippen LogP contribution in [0, 0.1) is 0 Å². The van der Waals surface area contributed by atoms with Crippen LogP contribution in [0.25, 0.3) is 10.8 Å². The first-order chi connectivity index (χ1) is 17.4. The Labute approximate surface area is 231 Å². The first kappa shape index (κ1) is 26.4. The van der Waals surface area contributed by atoms with E-state index in [1.165, 1.54) is 21.5 Å². The number of halogens is 2. The van der Waals surface area contributed by atoms with Gasteiger partial charge in [0.25, 0.3) is 5.91 Å². The molecule has 1 aromatic heterocycles. The highest BCUT2D eigenvalue weighted by atomic mass is 35.5. The van der Waals surface area contributed by atoms with E-state index in [-0.39, 0.29) is 36.3 Å². The summed E-state index contributed by atoms with van der Waals surface area (Å²) in [5.74, 6) is 1.06. The maximum atomic E-state index is 13.3. The maximum Gasteiger partial charge on any atom is 0.282 e. The molecule has 0 atom stereocenters. The number of piperazine rings is 1. The third-order valence-corrected chi connectivity index (χ3v) is 10.3. The molecule has 3 aromatic rings. The second-order valence-electron chi connectivity index (χ2n) is 9.31. The molecule has 8 nitrogen and oxygen atoms in total. The van der Waals surface area contributed by atoms with E-state index in [1.54, 1.807) is 29.2 Å². The molecule has 1 fully saturated rings. The van der Waals surface area contributed by atoms with Crippen molar-refractivity contribution >= 4 is 67.9 Å². The van der Waals surface area contributed by atoms with Crippen molar-refractivity contribution in [2.24, 2.45) is 4.99 Å². The quantitative estimate of drug-likeness (QED) is 0.467. The van der Waals surface area contributed by atoms with Gasteiger partial charge in [-0.15, -0.1) is 23.7 Å². The van der Waals surface area contributed by atoms with E-state index in [0.717, 1.165) is 60.2 Å². The number of carbonyl (C=O) groups excluding carboxylic acids is 1. The molecule has 37 heavy (non-hydrogen) atoms. The Kier molecular flexibility index (Phi) is 7.48. The number of amidine groups is 1. The first-order valence-corrected chi connectivity index (χ1v) is 14.8. The number of benzene rings is 2. The summed E-state index contributed by atoms with van der Waals surface area (Å²) < 4.78 is 28.0. The van der Waals surface area contributed by atoms with Gasteiger partial charge >= 0.3 is 0 Å². The Morgan fingerprint density at radius 2 is 1.73 bits per heavy atom. The van der Waals surface area contributed by atoms with Gasteiger partial charge in [-0.05, 0) is 41.5 Å². The van der Waals surface area contributed by atoms with Crippen molar-refractivity contribution in [3.63, 3.8) is 0 Å². The second-order valence-corrected chi connectivity index (χ2v) is 12.8. The molecule has 0 aliphatic carbocycles. The van der Waals surface area contributed by atoms with Crippen molar-refractivity contribution in [1.82, 2.24) is 19.1 Å². The molecule has 6 rings (SSSR count). The van der Waals surface area contributed by atoms with E-state index < -0.39 is 10.0 Å². The highest BCUT2D eigenvalue weighted by Gasteiger charge is 2.33. The molecular weight excluding hydrogens is 553 g/mol. The minimum Gasteiger partial charge on any atom is -0.355 e. The number of hydrogen-bond acceptors (Lipinski definition) is 7.